The SMILES string of the molecule is C=C/C=C(\C=C/C)OP(=O)(N[C@@H](C)C(=O)C(C)(C)CC(C)(C)O)OCC[C@@H](C)[C@H]1CCC2C3C(CC[C@@]21C)[C@@]1(C)CC[C@@H](O)CC1C[C@H]3O. The van der Waals surface area contributed by atoms with Crippen molar-refractivity contribution in [3.8, 4) is 0 Å². The molecule has 4 saturated carbocycles. The van der Waals surface area contributed by atoms with Gasteiger partial charge in [-0.3, -0.25) is 9.32 Å². The molecule has 0 spiro atoms. The summed E-state index contributed by atoms with van der Waals surface area (Å²) in [6.45, 7) is 21.6. The first-order chi connectivity index (χ1) is 22.7. The minimum absolute atomic E-state index is 0.121. The number of nitrogens with one attached hydrogen (secondary N) is 1. The van der Waals surface area contributed by atoms with Crippen molar-refractivity contribution in [3.63, 3.8) is 0 Å². The van der Waals surface area contributed by atoms with Crippen LogP contribution in [0.3, 0.4) is 0 Å². The van der Waals surface area contributed by atoms with Crippen molar-refractivity contribution in [3.05, 3.63) is 36.6 Å². The highest BCUT2D eigenvalue weighted by Gasteiger charge is 2.62. The van der Waals surface area contributed by atoms with Crippen molar-refractivity contribution < 1.29 is 33.7 Å². The molecule has 8 nitrogen and oxygen atoms in total. The Kier molecular flexibility index (Phi) is 12.7. The second-order valence-corrected chi connectivity index (χ2v) is 19.7. The molecular formula is C40H68NO7P. The van der Waals surface area contributed by atoms with Crippen LogP contribution in [0.25, 0.3) is 0 Å². The van der Waals surface area contributed by atoms with E-state index < -0.39 is 24.8 Å². The Morgan fingerprint density at radius 3 is 2.33 bits per heavy atom. The number of aliphatic hydroxyl groups is 3. The quantitative estimate of drug-likeness (QED) is 0.0759. The number of carbonyl (C=O) groups is 1. The first kappa shape index (κ1) is 40.5. The van der Waals surface area contributed by atoms with Gasteiger partial charge >= 0.3 is 7.75 Å². The van der Waals surface area contributed by atoms with E-state index in [0.717, 1.165) is 51.4 Å². The fourth-order valence-corrected chi connectivity index (χ4v) is 12.9. The number of hydrogen-bond donors (Lipinski definition) is 4. The Balaban J connectivity index is 1.45. The summed E-state index contributed by atoms with van der Waals surface area (Å²) in [5.41, 5.74) is -1.59. The first-order valence-corrected chi connectivity index (χ1v) is 20.5. The molecule has 0 aromatic rings. The molecule has 0 aromatic carbocycles. The largest absolute Gasteiger partial charge is 0.459 e. The van der Waals surface area contributed by atoms with Crippen molar-refractivity contribution in [1.82, 2.24) is 5.09 Å². The molecule has 0 heterocycles. The number of aliphatic hydroxyl groups excluding tert-OH is 2. The summed E-state index contributed by atoms with van der Waals surface area (Å²) >= 11 is 0. The van der Waals surface area contributed by atoms with Crippen molar-refractivity contribution >= 4 is 13.5 Å². The molecular weight excluding hydrogens is 637 g/mol. The minimum Gasteiger partial charge on any atom is -0.413 e. The molecule has 5 unspecified atom stereocenters. The summed E-state index contributed by atoms with van der Waals surface area (Å²) < 4.78 is 26.4. The molecule has 0 saturated heterocycles. The van der Waals surface area contributed by atoms with Crippen molar-refractivity contribution in [2.75, 3.05) is 6.61 Å². The standard InChI is InChI=1S/C40H68NO7P/c1-11-13-30(14-12-2)48-49(46,41-27(4)36(44)37(5,6)25-38(7,8)45)47-22-19-26(3)31-15-16-32-35-33(18-21-40(31,32)10)39(9)20-17-29(42)23-28(39)24-34(35)43/h11-14,26-29,31-35,42-43,45H,1,15-25H2,2-10H3,(H,41,46)/b14-12-,30-13+/t26-,27+,28?,29-,31-,32?,33?,34-,35?,39+,40-,49?/m1/s1. The highest BCUT2D eigenvalue weighted by Crippen LogP contribution is 2.68. The van der Waals surface area contributed by atoms with E-state index in [1.54, 1.807) is 58.9 Å². The van der Waals surface area contributed by atoms with Gasteiger partial charge in [-0.05, 0) is 150 Å². The van der Waals surface area contributed by atoms with Crippen molar-refractivity contribution in [1.29, 1.82) is 0 Å². The smallest absolute Gasteiger partial charge is 0.413 e. The second kappa shape index (κ2) is 15.4. The van der Waals surface area contributed by atoms with E-state index in [1.165, 1.54) is 0 Å². The number of rotatable bonds is 15. The normalized spacial score (nSPS) is 37.8. The maximum absolute atomic E-state index is 14.3. The number of Topliss-reactive ketones (excluding diaryl/α,β-unsaturated/α-hetero) is 1. The molecule has 280 valence electrons. The van der Waals surface area contributed by atoms with Crippen LogP contribution in [0.2, 0.25) is 0 Å². The average molecular weight is 706 g/mol. The molecule has 4 N–H and O–H groups in total. The van der Waals surface area contributed by atoms with Gasteiger partial charge in [-0.25, -0.2) is 9.65 Å². The van der Waals surface area contributed by atoms with Gasteiger partial charge in [0.2, 0.25) is 0 Å². The van der Waals surface area contributed by atoms with Gasteiger partial charge in [-0.1, -0.05) is 53.3 Å². The summed E-state index contributed by atoms with van der Waals surface area (Å²) in [6, 6.07) is -0.850. The van der Waals surface area contributed by atoms with Crippen molar-refractivity contribution in [2.24, 2.45) is 51.8 Å². The van der Waals surface area contributed by atoms with Gasteiger partial charge in [0.15, 0.2) is 5.78 Å². The van der Waals surface area contributed by atoms with E-state index in [0.29, 0.717) is 47.7 Å². The Morgan fingerprint density at radius 1 is 1.04 bits per heavy atom. The predicted molar refractivity (Wildman–Crippen MR) is 196 cm³/mol. The van der Waals surface area contributed by atoms with E-state index in [4.69, 9.17) is 9.05 Å². The monoisotopic (exact) mass is 705 g/mol. The van der Waals surface area contributed by atoms with Gasteiger partial charge in [-0.2, -0.15) is 0 Å². The Labute approximate surface area is 297 Å². The van der Waals surface area contributed by atoms with Gasteiger partial charge in [0.05, 0.1) is 30.5 Å². The zero-order valence-electron chi connectivity index (χ0n) is 31.9. The Morgan fingerprint density at radius 2 is 1.69 bits per heavy atom. The average Bonchev–Trinajstić information content (AvgIpc) is 3.33. The summed E-state index contributed by atoms with van der Waals surface area (Å²) in [5.74, 6) is 2.58. The van der Waals surface area contributed by atoms with Crippen LogP contribution in [0.1, 0.15) is 127 Å². The lowest BCUT2D eigenvalue weighted by Gasteiger charge is -2.62. The number of hydrogen-bond acceptors (Lipinski definition) is 7. The number of ketones is 1. The molecule has 4 aliphatic carbocycles. The van der Waals surface area contributed by atoms with Gasteiger partial charge in [0.1, 0.15) is 5.76 Å². The Bertz CT molecular complexity index is 1290. The fraction of sp³-hybridized carbons (Fsp3) is 0.825. The van der Waals surface area contributed by atoms with Gasteiger partial charge in [-0.15, -0.1) is 0 Å². The van der Waals surface area contributed by atoms with Crippen LogP contribution in [-0.2, 0) is 18.4 Å². The van der Waals surface area contributed by atoms with E-state index >= 15 is 0 Å². The third kappa shape index (κ3) is 8.86. The number of fused-ring (bicyclic) bond motifs is 5. The third-order valence-corrected chi connectivity index (χ3v) is 15.1. The number of carbonyl (C=O) groups excluding carboxylic acids is 1. The molecule has 0 aliphatic heterocycles. The maximum atomic E-state index is 14.3. The van der Waals surface area contributed by atoms with E-state index in [9.17, 15) is 24.7 Å². The molecule has 0 bridgehead atoms. The maximum Gasteiger partial charge on any atom is 0.459 e. The summed E-state index contributed by atoms with van der Waals surface area (Å²) in [5, 5.41) is 35.4. The van der Waals surface area contributed by atoms with Crippen molar-refractivity contribution in [2.45, 2.75) is 150 Å². The minimum atomic E-state index is -4.00. The first-order valence-electron chi connectivity index (χ1n) is 19.0. The molecule has 4 aliphatic rings. The molecule has 49 heavy (non-hydrogen) atoms. The second-order valence-electron chi connectivity index (χ2n) is 18.0. The molecule has 12 atom stereocenters. The lowest BCUT2D eigenvalue weighted by molar-refractivity contribution is -0.174. The van der Waals surface area contributed by atoms with Crippen LogP contribution in [-0.4, -0.2) is 51.6 Å². The van der Waals surface area contributed by atoms with E-state index in [1.807, 2.05) is 6.92 Å². The third-order valence-electron chi connectivity index (χ3n) is 13.4. The van der Waals surface area contributed by atoms with E-state index in [2.05, 4.69) is 32.4 Å². The van der Waals surface area contributed by atoms with Crippen LogP contribution < -0.4 is 5.09 Å². The molecule has 9 heteroatoms. The van der Waals surface area contributed by atoms with Crippen LogP contribution in [0, 0.1) is 51.8 Å². The molecule has 0 aromatic heterocycles. The lowest BCUT2D eigenvalue weighted by atomic mass is 9.43. The molecule has 4 fully saturated rings. The molecule has 0 amide bonds. The van der Waals surface area contributed by atoms with Gasteiger partial charge in [0.25, 0.3) is 0 Å². The summed E-state index contributed by atoms with van der Waals surface area (Å²) in [6.07, 6.45) is 15.1. The summed E-state index contributed by atoms with van der Waals surface area (Å²) in [4.78, 5) is 13.5. The zero-order valence-corrected chi connectivity index (χ0v) is 32.8. The number of allylic oxidation sites excluding steroid dienone is 4. The summed E-state index contributed by atoms with van der Waals surface area (Å²) in [7, 11) is -4.00. The van der Waals surface area contributed by atoms with E-state index in [-0.39, 0.29) is 41.8 Å². The Hall–Kier alpha value is -1.28. The van der Waals surface area contributed by atoms with Gasteiger partial charge < -0.3 is 19.8 Å². The highest BCUT2D eigenvalue weighted by molar-refractivity contribution is 7.51. The van der Waals surface area contributed by atoms with Crippen LogP contribution in [0.4, 0.5) is 0 Å². The molecule has 4 rings (SSSR count). The van der Waals surface area contributed by atoms with Crippen LogP contribution >= 0.6 is 7.75 Å². The lowest BCUT2D eigenvalue weighted by Crippen LogP contribution is -2.58. The predicted octanol–water partition coefficient (Wildman–Crippen LogP) is 8.52. The highest BCUT2D eigenvalue weighted by atomic mass is 31.2. The van der Waals surface area contributed by atoms with Gasteiger partial charge in [0, 0.05) is 5.41 Å². The topological polar surface area (TPSA) is 125 Å². The zero-order chi connectivity index (χ0) is 36.6. The van der Waals surface area contributed by atoms with Crippen LogP contribution in [0.5, 0.6) is 0 Å². The fourth-order valence-electron chi connectivity index (χ4n) is 11.4. The van der Waals surface area contributed by atoms with Crippen LogP contribution in [0.15, 0.2) is 36.6 Å². The molecule has 0 radical (unpaired) electrons.